The molecule has 21 heavy (non-hydrogen) atoms. The Hall–Kier alpha value is -1.14. The van der Waals surface area contributed by atoms with Crippen LogP contribution in [0.2, 0.25) is 0 Å². The number of anilines is 1. The molecule has 0 heterocycles. The average molecular weight is 356 g/mol. The van der Waals surface area contributed by atoms with Crippen molar-refractivity contribution in [2.45, 2.75) is 6.42 Å². The molecule has 2 N–H and O–H groups in total. The fourth-order valence-corrected chi connectivity index (χ4v) is 2.14. The Kier molecular flexibility index (Phi) is 6.61. The summed E-state index contributed by atoms with van der Waals surface area (Å²) in [7, 11) is 0. The minimum absolute atomic E-state index is 0. The zero-order valence-corrected chi connectivity index (χ0v) is 15.0. The van der Waals surface area contributed by atoms with Crippen LogP contribution < -0.4 is 10.8 Å². The Morgan fingerprint density at radius 3 is 2.29 bits per heavy atom. The number of para-hydroxylation sites is 1. The molecular weight excluding hydrogens is 345 g/mol. The van der Waals surface area contributed by atoms with Gasteiger partial charge in [-0.15, -0.1) is 0 Å². The van der Waals surface area contributed by atoms with Crippen LogP contribution in [0.25, 0.3) is 0 Å². The fourth-order valence-electron chi connectivity index (χ4n) is 1.88. The topological polar surface area (TPSA) is 83.2 Å². The summed E-state index contributed by atoms with van der Waals surface area (Å²) in [6.45, 7) is 0. The second-order valence-corrected chi connectivity index (χ2v) is 5.18. The molecule has 0 aromatic heterocycles. The third-order valence-corrected chi connectivity index (χ3v) is 3.41. The standard InChI is InChI=1S/C15H12BrNO3.Na/c16-11-6-4-9(5-7-11)15(20)12-3-1-2-10(14(12)17)8-13(18)19;/h1-7H,8,17H2,(H,18,19);/p-1. The molecule has 0 saturated carbocycles. The van der Waals surface area contributed by atoms with E-state index in [9.17, 15) is 14.7 Å². The van der Waals surface area contributed by atoms with Gasteiger partial charge in [0.1, 0.15) is 0 Å². The third-order valence-electron chi connectivity index (χ3n) is 2.88. The van der Waals surface area contributed by atoms with Crippen molar-refractivity contribution >= 4 is 62.9 Å². The van der Waals surface area contributed by atoms with Gasteiger partial charge in [0.25, 0.3) is 0 Å². The molecule has 1 radical (unpaired) electrons. The monoisotopic (exact) mass is 355 g/mol. The van der Waals surface area contributed by atoms with Crippen LogP contribution in [0, 0.1) is 0 Å². The van der Waals surface area contributed by atoms with Gasteiger partial charge in [-0.2, -0.15) is 0 Å². The van der Waals surface area contributed by atoms with E-state index in [4.69, 9.17) is 5.73 Å². The van der Waals surface area contributed by atoms with Crippen molar-refractivity contribution < 1.29 is 14.7 Å². The molecule has 0 saturated heterocycles. The largest absolute Gasteiger partial charge is 0.550 e. The van der Waals surface area contributed by atoms with Crippen molar-refractivity contribution in [1.29, 1.82) is 0 Å². The zero-order chi connectivity index (χ0) is 14.7. The van der Waals surface area contributed by atoms with E-state index in [1.54, 1.807) is 42.5 Å². The molecule has 103 valence electrons. The van der Waals surface area contributed by atoms with Crippen LogP contribution in [0.3, 0.4) is 0 Å². The van der Waals surface area contributed by atoms with Crippen molar-refractivity contribution in [3.8, 4) is 0 Å². The van der Waals surface area contributed by atoms with Gasteiger partial charge in [-0.1, -0.05) is 28.1 Å². The van der Waals surface area contributed by atoms with E-state index in [0.29, 0.717) is 16.7 Å². The Morgan fingerprint density at radius 1 is 1.10 bits per heavy atom. The van der Waals surface area contributed by atoms with Crippen molar-refractivity contribution in [2.75, 3.05) is 5.73 Å². The second kappa shape index (κ2) is 7.75. The Bertz CT molecular complexity index is 671. The predicted octanol–water partition coefficient (Wildman–Crippen LogP) is 1.17. The summed E-state index contributed by atoms with van der Waals surface area (Å²) in [5, 5.41) is 10.7. The molecule has 0 aliphatic rings. The molecule has 2 rings (SSSR count). The van der Waals surface area contributed by atoms with Crippen LogP contribution in [0.5, 0.6) is 0 Å². The zero-order valence-electron chi connectivity index (χ0n) is 11.4. The molecule has 4 nitrogen and oxygen atoms in total. The maximum Gasteiger partial charge on any atom is 0.195 e. The smallest absolute Gasteiger partial charge is 0.195 e. The molecule has 0 spiro atoms. The summed E-state index contributed by atoms with van der Waals surface area (Å²) in [4.78, 5) is 23.0. The van der Waals surface area contributed by atoms with Crippen molar-refractivity contribution in [2.24, 2.45) is 0 Å². The first kappa shape index (κ1) is 17.9. The maximum absolute atomic E-state index is 12.4. The van der Waals surface area contributed by atoms with E-state index in [2.05, 4.69) is 15.9 Å². The number of nitrogen functional groups attached to an aromatic ring is 1. The van der Waals surface area contributed by atoms with Gasteiger partial charge in [0.15, 0.2) is 5.78 Å². The minimum atomic E-state index is -1.23. The molecule has 0 aliphatic heterocycles. The predicted molar refractivity (Wildman–Crippen MR) is 82.9 cm³/mol. The van der Waals surface area contributed by atoms with Gasteiger partial charge in [-0.25, -0.2) is 0 Å². The molecular formula is C15H11BrNNaO3-. The Labute approximate surface area is 152 Å². The van der Waals surface area contributed by atoms with Crippen LogP contribution in [0.4, 0.5) is 5.69 Å². The van der Waals surface area contributed by atoms with Gasteiger partial charge in [-0.3, -0.25) is 4.79 Å². The molecule has 2 aromatic carbocycles. The average Bonchev–Trinajstić information content (AvgIpc) is 2.41. The van der Waals surface area contributed by atoms with Gasteiger partial charge in [0, 0.05) is 63.2 Å². The number of ketones is 1. The summed E-state index contributed by atoms with van der Waals surface area (Å²) in [5.41, 5.74) is 7.23. The quantitative estimate of drug-likeness (QED) is 0.507. The van der Waals surface area contributed by atoms with Crippen molar-refractivity contribution in [3.05, 3.63) is 63.6 Å². The number of carboxylic acids is 1. The van der Waals surface area contributed by atoms with Crippen LogP contribution in [-0.2, 0) is 11.2 Å². The molecule has 0 amide bonds. The molecule has 0 bridgehead atoms. The van der Waals surface area contributed by atoms with Crippen molar-refractivity contribution in [3.63, 3.8) is 0 Å². The molecule has 0 fully saturated rings. The fraction of sp³-hybridized carbons (Fsp3) is 0.0667. The molecule has 0 unspecified atom stereocenters. The van der Waals surface area contributed by atoms with E-state index >= 15 is 0 Å². The van der Waals surface area contributed by atoms with E-state index in [0.717, 1.165) is 4.47 Å². The number of halogens is 1. The summed E-state index contributed by atoms with van der Waals surface area (Å²) < 4.78 is 0.868. The van der Waals surface area contributed by atoms with Crippen LogP contribution in [-0.4, -0.2) is 41.3 Å². The van der Waals surface area contributed by atoms with Crippen LogP contribution >= 0.6 is 15.9 Å². The maximum atomic E-state index is 12.4. The summed E-state index contributed by atoms with van der Waals surface area (Å²) in [6, 6.07) is 11.6. The number of rotatable bonds is 4. The number of carbonyl (C=O) groups excluding carboxylic acids is 2. The molecule has 0 atom stereocenters. The van der Waals surface area contributed by atoms with E-state index in [1.807, 2.05) is 0 Å². The van der Waals surface area contributed by atoms with Gasteiger partial charge in [0.2, 0.25) is 0 Å². The third kappa shape index (κ3) is 4.41. The number of carbonyl (C=O) groups is 2. The van der Waals surface area contributed by atoms with Crippen LogP contribution in [0.1, 0.15) is 21.5 Å². The van der Waals surface area contributed by atoms with E-state index in [1.165, 1.54) is 0 Å². The molecule has 2 aromatic rings. The van der Waals surface area contributed by atoms with Gasteiger partial charge >= 0.3 is 0 Å². The van der Waals surface area contributed by atoms with Crippen molar-refractivity contribution in [1.82, 2.24) is 0 Å². The summed E-state index contributed by atoms with van der Waals surface area (Å²) in [5.74, 6) is -1.47. The van der Waals surface area contributed by atoms with E-state index in [-0.39, 0.29) is 47.4 Å². The first-order valence-corrected chi connectivity index (χ1v) is 6.66. The number of hydrogen-bond acceptors (Lipinski definition) is 4. The number of nitrogens with two attached hydrogens (primary N) is 1. The number of hydrogen-bond donors (Lipinski definition) is 1. The summed E-state index contributed by atoms with van der Waals surface area (Å²) in [6.07, 6.45) is -0.312. The SMILES string of the molecule is Nc1c(CC(=O)[O-])cccc1C(=O)c1ccc(Br)cc1.[Na]. The second-order valence-electron chi connectivity index (χ2n) is 4.26. The summed E-state index contributed by atoms with van der Waals surface area (Å²) >= 11 is 3.30. The van der Waals surface area contributed by atoms with Crippen LogP contribution in [0.15, 0.2) is 46.9 Å². The number of carboxylic acid groups (broad SMARTS) is 1. The Balaban J connectivity index is 0.00000220. The first-order valence-electron chi connectivity index (χ1n) is 5.86. The molecule has 0 aliphatic carbocycles. The normalized spacial score (nSPS) is 9.76. The van der Waals surface area contributed by atoms with Gasteiger partial charge < -0.3 is 15.6 Å². The molecule has 6 heteroatoms. The van der Waals surface area contributed by atoms with E-state index < -0.39 is 5.97 Å². The number of benzene rings is 2. The van der Waals surface area contributed by atoms with Gasteiger partial charge in [-0.05, 0) is 35.9 Å². The number of aliphatic carboxylic acids is 1. The minimum Gasteiger partial charge on any atom is -0.550 e. The first-order chi connectivity index (χ1) is 9.49. The Morgan fingerprint density at radius 2 is 1.71 bits per heavy atom. The van der Waals surface area contributed by atoms with Gasteiger partial charge in [0.05, 0.1) is 0 Å².